The van der Waals surface area contributed by atoms with E-state index in [1.54, 1.807) is 48.2 Å². The van der Waals surface area contributed by atoms with Gasteiger partial charge in [-0.25, -0.2) is 0 Å². The number of amides is 3. The van der Waals surface area contributed by atoms with Gasteiger partial charge in [-0.1, -0.05) is 67.3 Å². The first-order valence-corrected chi connectivity index (χ1v) is 14.4. The summed E-state index contributed by atoms with van der Waals surface area (Å²) in [5, 5.41) is 6.57. The van der Waals surface area contributed by atoms with Crippen LogP contribution in [0, 0.1) is 0 Å². The Kier molecular flexibility index (Phi) is 8.35. The molecule has 8 heteroatoms. The van der Waals surface area contributed by atoms with E-state index in [2.05, 4.69) is 10.6 Å². The molecule has 5 rings (SSSR count). The third kappa shape index (κ3) is 6.22. The molecule has 0 unspecified atom stereocenters. The topological polar surface area (TPSA) is 78.5 Å². The SMILES string of the molecule is O=C(Nc1ccccc1C(=O)NC1CCCCC1)c1ccc([C@H]2SCC(=O)N2Cc2ccc(Cl)cc2)cc1. The highest BCUT2D eigenvalue weighted by Crippen LogP contribution is 2.39. The van der Waals surface area contributed by atoms with Gasteiger partial charge in [0.1, 0.15) is 5.37 Å². The third-order valence-corrected chi connectivity index (χ3v) is 8.56. The number of benzene rings is 3. The summed E-state index contributed by atoms with van der Waals surface area (Å²) in [4.78, 5) is 40.5. The Morgan fingerprint density at radius 3 is 2.34 bits per heavy atom. The van der Waals surface area contributed by atoms with Crippen LogP contribution in [0.15, 0.2) is 72.8 Å². The fourth-order valence-corrected chi connectivity index (χ4v) is 6.30. The Morgan fingerprint density at radius 1 is 0.895 bits per heavy atom. The van der Waals surface area contributed by atoms with Crippen molar-refractivity contribution in [1.82, 2.24) is 10.2 Å². The molecular formula is C30H30ClN3O3S. The maximum atomic E-state index is 13.1. The first kappa shape index (κ1) is 26.3. The summed E-state index contributed by atoms with van der Waals surface area (Å²) in [7, 11) is 0. The number of carbonyl (C=O) groups excluding carboxylic acids is 3. The first-order valence-electron chi connectivity index (χ1n) is 12.9. The second kappa shape index (κ2) is 12.0. The van der Waals surface area contributed by atoms with Crippen molar-refractivity contribution in [2.45, 2.75) is 50.1 Å². The first-order chi connectivity index (χ1) is 18.5. The van der Waals surface area contributed by atoms with Crippen LogP contribution in [0.25, 0.3) is 0 Å². The summed E-state index contributed by atoms with van der Waals surface area (Å²) >= 11 is 7.57. The lowest BCUT2D eigenvalue weighted by atomic mass is 9.95. The lowest BCUT2D eigenvalue weighted by Gasteiger charge is -2.24. The Bertz CT molecular complexity index is 1310. The summed E-state index contributed by atoms with van der Waals surface area (Å²) in [6.45, 7) is 0.496. The molecule has 1 heterocycles. The van der Waals surface area contributed by atoms with E-state index in [1.807, 2.05) is 41.3 Å². The zero-order valence-corrected chi connectivity index (χ0v) is 22.6. The minimum Gasteiger partial charge on any atom is -0.349 e. The van der Waals surface area contributed by atoms with Gasteiger partial charge in [0.25, 0.3) is 11.8 Å². The molecule has 3 amide bonds. The van der Waals surface area contributed by atoms with Gasteiger partial charge in [-0.3, -0.25) is 14.4 Å². The third-order valence-electron chi connectivity index (χ3n) is 7.05. The maximum absolute atomic E-state index is 13.1. The molecule has 38 heavy (non-hydrogen) atoms. The summed E-state index contributed by atoms with van der Waals surface area (Å²) < 4.78 is 0. The van der Waals surface area contributed by atoms with Crippen molar-refractivity contribution in [2.75, 3.05) is 11.1 Å². The number of anilines is 1. The van der Waals surface area contributed by atoms with E-state index in [1.165, 1.54) is 6.42 Å². The Balaban J connectivity index is 1.25. The van der Waals surface area contributed by atoms with Gasteiger partial charge in [-0.15, -0.1) is 11.8 Å². The number of halogens is 1. The summed E-state index contributed by atoms with van der Waals surface area (Å²) in [5.41, 5.74) is 3.40. The molecular weight excluding hydrogens is 518 g/mol. The molecule has 1 aliphatic heterocycles. The summed E-state index contributed by atoms with van der Waals surface area (Å²) in [6.07, 6.45) is 5.47. The van der Waals surface area contributed by atoms with Gasteiger partial charge in [-0.05, 0) is 60.4 Å². The molecule has 0 spiro atoms. The standard InChI is InChI=1S/C30H30ClN3O3S/c31-23-16-10-20(11-17-23)18-34-27(35)19-38-30(34)22-14-12-21(13-15-22)28(36)33-26-9-5-4-8-25(26)29(37)32-24-6-2-1-3-7-24/h4-5,8-17,24,30H,1-3,6-7,18-19H2,(H,32,37)(H,33,36)/t30-/m1/s1. The van der Waals surface area contributed by atoms with Crippen LogP contribution in [0.2, 0.25) is 5.02 Å². The molecule has 3 aromatic carbocycles. The summed E-state index contributed by atoms with van der Waals surface area (Å²) in [5.74, 6) is 0.0505. The molecule has 1 saturated heterocycles. The van der Waals surface area contributed by atoms with Crippen LogP contribution >= 0.6 is 23.4 Å². The zero-order chi connectivity index (χ0) is 26.5. The molecule has 2 fully saturated rings. The molecule has 196 valence electrons. The number of nitrogens with zero attached hydrogens (tertiary/aromatic N) is 1. The smallest absolute Gasteiger partial charge is 0.255 e. The van der Waals surface area contributed by atoms with Crippen molar-refractivity contribution in [3.63, 3.8) is 0 Å². The predicted molar refractivity (Wildman–Crippen MR) is 152 cm³/mol. The van der Waals surface area contributed by atoms with E-state index < -0.39 is 0 Å². The molecule has 0 bridgehead atoms. The molecule has 1 atom stereocenters. The second-order valence-corrected chi connectivity index (χ2v) is 11.2. The number of hydrogen-bond donors (Lipinski definition) is 2. The highest BCUT2D eigenvalue weighted by atomic mass is 35.5. The van der Waals surface area contributed by atoms with Crippen molar-refractivity contribution in [3.05, 3.63) is 100 Å². The molecule has 6 nitrogen and oxygen atoms in total. The highest BCUT2D eigenvalue weighted by Gasteiger charge is 2.33. The number of rotatable bonds is 7. The minimum atomic E-state index is -0.289. The van der Waals surface area contributed by atoms with Gasteiger partial charge in [0, 0.05) is 23.2 Å². The van der Waals surface area contributed by atoms with Crippen molar-refractivity contribution in [1.29, 1.82) is 0 Å². The van der Waals surface area contributed by atoms with E-state index in [9.17, 15) is 14.4 Å². The Labute approximate surface area is 232 Å². The largest absolute Gasteiger partial charge is 0.349 e. The maximum Gasteiger partial charge on any atom is 0.255 e. The van der Waals surface area contributed by atoms with Gasteiger partial charge in [-0.2, -0.15) is 0 Å². The van der Waals surface area contributed by atoms with Gasteiger partial charge in [0.2, 0.25) is 5.91 Å². The molecule has 3 aromatic rings. The number of para-hydroxylation sites is 1. The van der Waals surface area contributed by atoms with Gasteiger partial charge < -0.3 is 15.5 Å². The lowest BCUT2D eigenvalue weighted by molar-refractivity contribution is -0.128. The van der Waals surface area contributed by atoms with Crippen molar-refractivity contribution in [3.8, 4) is 0 Å². The fourth-order valence-electron chi connectivity index (χ4n) is 4.98. The monoisotopic (exact) mass is 547 g/mol. The minimum absolute atomic E-state index is 0.0832. The highest BCUT2D eigenvalue weighted by molar-refractivity contribution is 8.00. The van der Waals surface area contributed by atoms with E-state index in [0.717, 1.165) is 36.8 Å². The molecule has 2 aliphatic rings. The molecule has 1 saturated carbocycles. The zero-order valence-electron chi connectivity index (χ0n) is 21.0. The van der Waals surface area contributed by atoms with E-state index in [0.29, 0.717) is 34.1 Å². The number of hydrogen-bond acceptors (Lipinski definition) is 4. The van der Waals surface area contributed by atoms with Crippen LogP contribution in [-0.4, -0.2) is 34.4 Å². The van der Waals surface area contributed by atoms with E-state index in [4.69, 9.17) is 11.6 Å². The molecule has 0 radical (unpaired) electrons. The van der Waals surface area contributed by atoms with Crippen LogP contribution in [-0.2, 0) is 11.3 Å². The molecule has 2 N–H and O–H groups in total. The average Bonchev–Trinajstić information content (AvgIpc) is 3.30. The summed E-state index contributed by atoms with van der Waals surface area (Å²) in [6, 6.07) is 22.1. The number of nitrogens with one attached hydrogen (secondary N) is 2. The van der Waals surface area contributed by atoms with Crippen molar-refractivity contribution in [2.24, 2.45) is 0 Å². The van der Waals surface area contributed by atoms with Crippen LogP contribution in [0.5, 0.6) is 0 Å². The van der Waals surface area contributed by atoms with Gasteiger partial charge in [0.05, 0.1) is 17.0 Å². The van der Waals surface area contributed by atoms with Crippen LogP contribution in [0.1, 0.15) is 69.3 Å². The Morgan fingerprint density at radius 2 is 1.61 bits per heavy atom. The van der Waals surface area contributed by atoms with E-state index >= 15 is 0 Å². The van der Waals surface area contributed by atoms with Gasteiger partial charge >= 0.3 is 0 Å². The molecule has 1 aliphatic carbocycles. The number of thioether (sulfide) groups is 1. The van der Waals surface area contributed by atoms with E-state index in [-0.39, 0.29) is 29.1 Å². The lowest BCUT2D eigenvalue weighted by Crippen LogP contribution is -2.36. The number of carbonyl (C=O) groups is 3. The quantitative estimate of drug-likeness (QED) is 0.357. The second-order valence-electron chi connectivity index (χ2n) is 9.74. The van der Waals surface area contributed by atoms with Crippen LogP contribution < -0.4 is 10.6 Å². The Hall–Kier alpha value is -3.29. The van der Waals surface area contributed by atoms with Crippen LogP contribution in [0.4, 0.5) is 5.69 Å². The molecule has 0 aromatic heterocycles. The normalized spacial score (nSPS) is 17.9. The van der Waals surface area contributed by atoms with Crippen molar-refractivity contribution < 1.29 is 14.4 Å². The fraction of sp³-hybridized carbons (Fsp3) is 0.300. The van der Waals surface area contributed by atoms with Crippen molar-refractivity contribution >= 4 is 46.8 Å². The predicted octanol–water partition coefficient (Wildman–Crippen LogP) is 6.43. The van der Waals surface area contributed by atoms with Gasteiger partial charge in [0.15, 0.2) is 0 Å². The van der Waals surface area contributed by atoms with Crippen LogP contribution in [0.3, 0.4) is 0 Å². The average molecular weight is 548 g/mol.